The lowest BCUT2D eigenvalue weighted by atomic mass is 10.1. The van der Waals surface area contributed by atoms with E-state index in [1.807, 2.05) is 0 Å². The second-order valence-electron chi connectivity index (χ2n) is 6.00. The first-order valence-corrected chi connectivity index (χ1v) is 10.0. The predicted molar refractivity (Wildman–Crippen MR) is 91.3 cm³/mol. The molecule has 0 saturated carbocycles. The van der Waals surface area contributed by atoms with E-state index in [4.69, 9.17) is 25.8 Å². The fraction of sp³-hybridized carbons (Fsp3) is 0.857. The third-order valence-corrected chi connectivity index (χ3v) is 5.55. The van der Waals surface area contributed by atoms with E-state index in [2.05, 4.69) is 5.32 Å². The quantitative estimate of drug-likeness (QED) is 0.212. The highest BCUT2D eigenvalue weighted by Gasteiger charge is 2.47. The fourth-order valence-corrected chi connectivity index (χ4v) is 3.91. The Balaban J connectivity index is 2.35. The van der Waals surface area contributed by atoms with Crippen LogP contribution in [0, 0.1) is 0 Å². The largest absolute Gasteiger partial charge is 0.382 e. The standard InChI is InChI=1S/C14H25ClN2O7S/c1-14(2)12(18)17(13(19)16-14)11(15)10-25(20,21)9-8-24-7-6-23-5-4-22-3/h11H,4-10H2,1-3H3,(H,16,19). The van der Waals surface area contributed by atoms with Gasteiger partial charge < -0.3 is 19.5 Å². The molecule has 0 bridgehead atoms. The van der Waals surface area contributed by atoms with Crippen LogP contribution in [0.25, 0.3) is 0 Å². The number of sulfone groups is 1. The molecule has 0 aromatic heterocycles. The van der Waals surface area contributed by atoms with Crippen molar-refractivity contribution in [1.82, 2.24) is 10.2 Å². The topological polar surface area (TPSA) is 111 Å². The van der Waals surface area contributed by atoms with Gasteiger partial charge in [0.15, 0.2) is 9.84 Å². The van der Waals surface area contributed by atoms with Crippen LogP contribution < -0.4 is 5.32 Å². The first-order valence-electron chi connectivity index (χ1n) is 7.75. The highest BCUT2D eigenvalue weighted by molar-refractivity contribution is 7.91. The Morgan fingerprint density at radius 1 is 1.12 bits per heavy atom. The summed E-state index contributed by atoms with van der Waals surface area (Å²) >= 11 is 5.99. The molecule has 1 heterocycles. The Morgan fingerprint density at radius 3 is 2.20 bits per heavy atom. The highest BCUT2D eigenvalue weighted by Crippen LogP contribution is 2.21. The summed E-state index contributed by atoms with van der Waals surface area (Å²) in [5.41, 5.74) is -2.36. The number of alkyl halides is 1. The van der Waals surface area contributed by atoms with Crippen LogP contribution in [0.2, 0.25) is 0 Å². The van der Waals surface area contributed by atoms with Crippen LogP contribution in [0.4, 0.5) is 4.79 Å². The van der Waals surface area contributed by atoms with Crippen LogP contribution in [-0.4, -0.2) is 87.9 Å². The van der Waals surface area contributed by atoms with Gasteiger partial charge >= 0.3 is 6.03 Å². The Kier molecular flexibility index (Phi) is 8.55. The number of nitrogens with zero attached hydrogens (tertiary/aromatic N) is 1. The molecule has 1 saturated heterocycles. The molecule has 25 heavy (non-hydrogen) atoms. The number of amides is 3. The van der Waals surface area contributed by atoms with Crippen LogP contribution in [0.3, 0.4) is 0 Å². The molecule has 146 valence electrons. The molecule has 1 N–H and O–H groups in total. The molecular weight excluding hydrogens is 376 g/mol. The Hall–Kier alpha value is -0.940. The summed E-state index contributed by atoms with van der Waals surface area (Å²) in [6.45, 7) is 4.52. The second-order valence-corrected chi connectivity index (χ2v) is 8.73. The summed E-state index contributed by atoms with van der Waals surface area (Å²) in [5.74, 6) is -1.35. The molecule has 1 aliphatic heterocycles. The zero-order valence-electron chi connectivity index (χ0n) is 14.6. The number of rotatable bonds is 12. The van der Waals surface area contributed by atoms with Gasteiger partial charge in [-0.05, 0) is 13.8 Å². The molecule has 1 atom stereocenters. The Morgan fingerprint density at radius 2 is 1.68 bits per heavy atom. The molecule has 0 spiro atoms. The third-order valence-electron chi connectivity index (χ3n) is 3.41. The molecule has 1 aliphatic rings. The molecule has 9 nitrogen and oxygen atoms in total. The summed E-state index contributed by atoms with van der Waals surface area (Å²) in [4.78, 5) is 24.6. The maximum atomic E-state index is 12.1. The number of carbonyl (C=O) groups excluding carboxylic acids is 2. The first-order chi connectivity index (χ1) is 11.6. The molecule has 1 unspecified atom stereocenters. The summed E-state index contributed by atoms with van der Waals surface area (Å²) < 4.78 is 39.3. The minimum Gasteiger partial charge on any atom is -0.382 e. The van der Waals surface area contributed by atoms with E-state index < -0.39 is 38.6 Å². The molecular formula is C14H25ClN2O7S. The van der Waals surface area contributed by atoms with Crippen molar-refractivity contribution < 1.29 is 32.2 Å². The average molecular weight is 401 g/mol. The predicted octanol–water partition coefficient (Wildman–Crippen LogP) is -0.0239. The van der Waals surface area contributed by atoms with Gasteiger partial charge in [-0.2, -0.15) is 0 Å². The van der Waals surface area contributed by atoms with Crippen LogP contribution in [0.1, 0.15) is 13.8 Å². The van der Waals surface area contributed by atoms with Crippen molar-refractivity contribution in [3.05, 3.63) is 0 Å². The monoisotopic (exact) mass is 400 g/mol. The van der Waals surface area contributed by atoms with Gasteiger partial charge in [-0.3, -0.25) is 4.79 Å². The molecule has 11 heteroatoms. The lowest BCUT2D eigenvalue weighted by molar-refractivity contribution is -0.130. The van der Waals surface area contributed by atoms with Crippen molar-refractivity contribution >= 4 is 33.4 Å². The van der Waals surface area contributed by atoms with E-state index in [-0.39, 0.29) is 19.0 Å². The summed E-state index contributed by atoms with van der Waals surface area (Å²) in [5, 5.41) is 2.45. The van der Waals surface area contributed by atoms with Gasteiger partial charge in [0, 0.05) is 7.11 Å². The van der Waals surface area contributed by atoms with Crippen LogP contribution in [0.5, 0.6) is 0 Å². The molecule has 0 aliphatic carbocycles. The van der Waals surface area contributed by atoms with Gasteiger partial charge in [0.1, 0.15) is 11.0 Å². The van der Waals surface area contributed by atoms with Crippen molar-refractivity contribution in [2.24, 2.45) is 0 Å². The Bertz CT molecular complexity index is 568. The minimum absolute atomic E-state index is 0.0226. The summed E-state index contributed by atoms with van der Waals surface area (Å²) in [7, 11) is -2.03. The number of urea groups is 1. The van der Waals surface area contributed by atoms with E-state index in [9.17, 15) is 18.0 Å². The van der Waals surface area contributed by atoms with E-state index in [1.54, 1.807) is 7.11 Å². The van der Waals surface area contributed by atoms with E-state index in [1.165, 1.54) is 13.8 Å². The molecule has 1 fully saturated rings. The number of ether oxygens (including phenoxy) is 3. The zero-order chi connectivity index (χ0) is 19.1. The molecule has 0 aromatic carbocycles. The van der Waals surface area contributed by atoms with Crippen LogP contribution in [-0.2, 0) is 28.8 Å². The van der Waals surface area contributed by atoms with Crippen molar-refractivity contribution in [3.8, 4) is 0 Å². The molecule has 0 aromatic rings. The maximum absolute atomic E-state index is 12.1. The first kappa shape index (κ1) is 22.1. The Labute approximate surface area is 152 Å². The summed E-state index contributed by atoms with van der Waals surface area (Å²) in [6, 6.07) is -0.699. The molecule has 0 radical (unpaired) electrons. The average Bonchev–Trinajstić information content (AvgIpc) is 2.69. The van der Waals surface area contributed by atoms with Crippen LogP contribution in [0.15, 0.2) is 0 Å². The number of halogens is 1. The van der Waals surface area contributed by atoms with E-state index >= 15 is 0 Å². The lowest BCUT2D eigenvalue weighted by Gasteiger charge is -2.20. The van der Waals surface area contributed by atoms with Crippen molar-refractivity contribution in [3.63, 3.8) is 0 Å². The van der Waals surface area contributed by atoms with Gasteiger partial charge in [0.05, 0.1) is 44.5 Å². The number of nitrogens with one attached hydrogen (secondary N) is 1. The van der Waals surface area contributed by atoms with Crippen molar-refractivity contribution in [2.75, 3.05) is 51.6 Å². The fourth-order valence-electron chi connectivity index (χ4n) is 2.05. The van der Waals surface area contributed by atoms with E-state index in [0.717, 1.165) is 4.90 Å². The zero-order valence-corrected chi connectivity index (χ0v) is 16.2. The van der Waals surface area contributed by atoms with Gasteiger partial charge in [-0.15, -0.1) is 0 Å². The molecule has 3 amide bonds. The summed E-state index contributed by atoms with van der Waals surface area (Å²) in [6.07, 6.45) is 0. The number of hydrogen-bond donors (Lipinski definition) is 1. The van der Waals surface area contributed by atoms with Gasteiger partial charge in [-0.25, -0.2) is 18.1 Å². The number of carbonyl (C=O) groups is 2. The van der Waals surface area contributed by atoms with Crippen molar-refractivity contribution in [2.45, 2.75) is 24.9 Å². The smallest absolute Gasteiger partial charge is 0.326 e. The number of methoxy groups -OCH3 is 1. The van der Waals surface area contributed by atoms with Crippen molar-refractivity contribution in [1.29, 1.82) is 0 Å². The SMILES string of the molecule is COCCOCCOCCS(=O)(=O)CC(Cl)N1C(=O)NC(C)(C)C1=O. The molecule has 1 rings (SSSR count). The second kappa shape index (κ2) is 9.67. The maximum Gasteiger partial charge on any atom is 0.326 e. The lowest BCUT2D eigenvalue weighted by Crippen LogP contribution is -2.44. The van der Waals surface area contributed by atoms with Gasteiger partial charge in [0.2, 0.25) is 0 Å². The van der Waals surface area contributed by atoms with E-state index in [0.29, 0.717) is 19.8 Å². The normalized spacial score (nSPS) is 18.5. The van der Waals surface area contributed by atoms with Crippen LogP contribution >= 0.6 is 11.6 Å². The number of hydrogen-bond acceptors (Lipinski definition) is 7. The minimum atomic E-state index is -3.60. The van der Waals surface area contributed by atoms with Gasteiger partial charge in [0.25, 0.3) is 5.91 Å². The van der Waals surface area contributed by atoms with Gasteiger partial charge in [-0.1, -0.05) is 11.6 Å². The highest BCUT2D eigenvalue weighted by atomic mass is 35.5. The number of imide groups is 1. The third kappa shape index (κ3) is 7.06.